The van der Waals surface area contributed by atoms with Gasteiger partial charge in [0.05, 0.1) is 16.1 Å². The van der Waals surface area contributed by atoms with Gasteiger partial charge in [-0.15, -0.1) is 11.3 Å². The molecule has 0 spiro atoms. The highest BCUT2D eigenvalue weighted by Gasteiger charge is 2.11. The van der Waals surface area contributed by atoms with Crippen LogP contribution in [0, 0.1) is 0 Å². The quantitative estimate of drug-likeness (QED) is 0.742. The zero-order valence-corrected chi connectivity index (χ0v) is 10.3. The van der Waals surface area contributed by atoms with Crippen LogP contribution < -0.4 is 5.32 Å². The van der Waals surface area contributed by atoms with Gasteiger partial charge in [0.2, 0.25) is 0 Å². The highest BCUT2D eigenvalue weighted by Crippen LogP contribution is 2.33. The second kappa shape index (κ2) is 4.31. The maximum atomic E-state index is 4.41. The summed E-state index contributed by atoms with van der Waals surface area (Å²) in [7, 11) is 1.94. The number of thiazole rings is 1. The van der Waals surface area contributed by atoms with Crippen LogP contribution in [-0.2, 0) is 6.54 Å². The monoisotopic (exact) mass is 243 g/mol. The third kappa shape index (κ3) is 1.75. The molecule has 2 N–H and O–H groups in total. The molecule has 1 aromatic carbocycles. The summed E-state index contributed by atoms with van der Waals surface area (Å²) in [5.41, 5.74) is 5.44. The van der Waals surface area contributed by atoms with Crippen LogP contribution >= 0.6 is 11.3 Å². The Hall–Kier alpha value is -1.65. The fraction of sp³-hybridized carbons (Fsp3) is 0.154. The lowest BCUT2D eigenvalue weighted by Crippen LogP contribution is -2.05. The Morgan fingerprint density at radius 2 is 2.24 bits per heavy atom. The Bertz CT molecular complexity index is 639. The molecule has 0 saturated carbocycles. The summed E-state index contributed by atoms with van der Waals surface area (Å²) in [6.07, 6.45) is 2.07. The van der Waals surface area contributed by atoms with Crippen LogP contribution in [0.5, 0.6) is 0 Å². The normalized spacial score (nSPS) is 11.1. The van der Waals surface area contributed by atoms with Gasteiger partial charge in [-0.25, -0.2) is 4.98 Å². The van der Waals surface area contributed by atoms with Gasteiger partial charge in [0.1, 0.15) is 0 Å². The van der Waals surface area contributed by atoms with Gasteiger partial charge in [-0.1, -0.05) is 18.2 Å². The number of nitrogens with one attached hydrogen (secondary N) is 2. The number of fused-ring (bicyclic) bond motifs is 1. The van der Waals surface area contributed by atoms with Crippen LogP contribution in [0.25, 0.3) is 21.3 Å². The summed E-state index contributed by atoms with van der Waals surface area (Å²) in [6.45, 7) is 0.804. The molecule has 4 heteroatoms. The summed E-state index contributed by atoms with van der Waals surface area (Å²) in [4.78, 5) is 8.96. The van der Waals surface area contributed by atoms with Crippen LogP contribution in [-0.4, -0.2) is 17.0 Å². The van der Waals surface area contributed by atoms with E-state index in [1.807, 2.05) is 18.6 Å². The van der Waals surface area contributed by atoms with Crippen molar-refractivity contribution in [1.29, 1.82) is 0 Å². The molecule has 0 unspecified atom stereocenters. The second-order valence-corrected chi connectivity index (χ2v) is 4.76. The largest absolute Gasteiger partial charge is 0.361 e. The third-order valence-corrected chi connectivity index (χ3v) is 3.72. The topological polar surface area (TPSA) is 40.7 Å². The van der Waals surface area contributed by atoms with E-state index in [2.05, 4.69) is 39.7 Å². The SMILES string of the molecule is CNCc1ncsc1-c1c[nH]c2ccccc12. The minimum Gasteiger partial charge on any atom is -0.361 e. The van der Waals surface area contributed by atoms with E-state index in [0.29, 0.717) is 0 Å². The van der Waals surface area contributed by atoms with Crippen molar-refractivity contribution in [3.8, 4) is 10.4 Å². The number of aromatic amines is 1. The highest BCUT2D eigenvalue weighted by molar-refractivity contribution is 7.13. The van der Waals surface area contributed by atoms with Crippen LogP contribution in [0.15, 0.2) is 36.0 Å². The number of hydrogen-bond acceptors (Lipinski definition) is 3. The average molecular weight is 243 g/mol. The zero-order valence-electron chi connectivity index (χ0n) is 9.53. The zero-order chi connectivity index (χ0) is 11.7. The Labute approximate surface area is 104 Å². The van der Waals surface area contributed by atoms with Gasteiger partial charge in [-0.3, -0.25) is 0 Å². The molecule has 0 amide bonds. The lowest BCUT2D eigenvalue weighted by atomic mass is 10.1. The van der Waals surface area contributed by atoms with E-state index >= 15 is 0 Å². The molecule has 3 nitrogen and oxygen atoms in total. The van der Waals surface area contributed by atoms with Crippen molar-refractivity contribution in [2.24, 2.45) is 0 Å². The molecule has 0 aliphatic heterocycles. The van der Waals surface area contributed by atoms with Crippen molar-refractivity contribution < 1.29 is 0 Å². The van der Waals surface area contributed by atoms with Crippen molar-refractivity contribution in [2.75, 3.05) is 7.05 Å². The van der Waals surface area contributed by atoms with Crippen molar-refractivity contribution in [1.82, 2.24) is 15.3 Å². The number of para-hydroxylation sites is 1. The summed E-state index contributed by atoms with van der Waals surface area (Å²) < 4.78 is 0. The van der Waals surface area contributed by atoms with E-state index in [4.69, 9.17) is 0 Å². The maximum Gasteiger partial charge on any atom is 0.0802 e. The summed E-state index contributed by atoms with van der Waals surface area (Å²) in [5.74, 6) is 0. The van der Waals surface area contributed by atoms with E-state index in [-0.39, 0.29) is 0 Å². The molecule has 0 radical (unpaired) electrons. The molecule has 0 fully saturated rings. The van der Waals surface area contributed by atoms with Gasteiger partial charge < -0.3 is 10.3 Å². The molecule has 2 heterocycles. The van der Waals surface area contributed by atoms with E-state index in [9.17, 15) is 0 Å². The molecule has 2 aromatic heterocycles. The Morgan fingerprint density at radius 1 is 1.35 bits per heavy atom. The molecule has 17 heavy (non-hydrogen) atoms. The number of rotatable bonds is 3. The van der Waals surface area contributed by atoms with Crippen LogP contribution in [0.2, 0.25) is 0 Å². The highest BCUT2D eigenvalue weighted by atomic mass is 32.1. The van der Waals surface area contributed by atoms with Crippen LogP contribution in [0.1, 0.15) is 5.69 Å². The second-order valence-electron chi connectivity index (χ2n) is 3.91. The molecule has 0 aliphatic carbocycles. The molecule has 0 atom stereocenters. The maximum absolute atomic E-state index is 4.41. The first-order chi connectivity index (χ1) is 8.40. The number of benzene rings is 1. The number of aromatic nitrogens is 2. The van der Waals surface area contributed by atoms with Crippen molar-refractivity contribution in [3.63, 3.8) is 0 Å². The smallest absolute Gasteiger partial charge is 0.0802 e. The molecule has 0 bridgehead atoms. The standard InChI is InChI=1S/C13H13N3S/c1-14-7-12-13(17-8-16-12)10-6-15-11-5-3-2-4-9(10)11/h2-6,8,14-15H,7H2,1H3. The van der Waals surface area contributed by atoms with E-state index < -0.39 is 0 Å². The molecule has 86 valence electrons. The molecule has 0 aliphatic rings. The van der Waals surface area contributed by atoms with E-state index in [1.54, 1.807) is 11.3 Å². The molecule has 3 rings (SSSR count). The van der Waals surface area contributed by atoms with Crippen LogP contribution in [0.3, 0.4) is 0 Å². The Morgan fingerprint density at radius 3 is 3.12 bits per heavy atom. The van der Waals surface area contributed by atoms with E-state index in [1.165, 1.54) is 21.3 Å². The first-order valence-corrected chi connectivity index (χ1v) is 6.41. The minimum atomic E-state index is 0.804. The predicted octanol–water partition coefficient (Wildman–Crippen LogP) is 3.01. The van der Waals surface area contributed by atoms with E-state index in [0.717, 1.165) is 12.2 Å². The van der Waals surface area contributed by atoms with Gasteiger partial charge in [0, 0.05) is 29.2 Å². The molecule has 3 aromatic rings. The fourth-order valence-electron chi connectivity index (χ4n) is 2.04. The number of H-pyrrole nitrogens is 1. The van der Waals surface area contributed by atoms with Gasteiger partial charge >= 0.3 is 0 Å². The van der Waals surface area contributed by atoms with Gasteiger partial charge in [0.25, 0.3) is 0 Å². The summed E-state index contributed by atoms with van der Waals surface area (Å²) in [5, 5.41) is 4.41. The number of nitrogens with zero attached hydrogens (tertiary/aromatic N) is 1. The van der Waals surface area contributed by atoms with Gasteiger partial charge in [-0.2, -0.15) is 0 Å². The first kappa shape index (κ1) is 10.5. The summed E-state index contributed by atoms with van der Waals surface area (Å²) in [6, 6.07) is 8.35. The predicted molar refractivity (Wildman–Crippen MR) is 72.2 cm³/mol. The molecule has 0 saturated heterocycles. The van der Waals surface area contributed by atoms with Crippen molar-refractivity contribution in [3.05, 3.63) is 41.7 Å². The Kier molecular flexibility index (Phi) is 2.66. The van der Waals surface area contributed by atoms with Gasteiger partial charge in [-0.05, 0) is 13.1 Å². The number of hydrogen-bond donors (Lipinski definition) is 2. The first-order valence-electron chi connectivity index (χ1n) is 5.53. The fourth-order valence-corrected chi connectivity index (χ4v) is 2.88. The molecular formula is C13H13N3S. The lowest BCUT2D eigenvalue weighted by molar-refractivity contribution is 0.799. The lowest BCUT2D eigenvalue weighted by Gasteiger charge is -2.00. The van der Waals surface area contributed by atoms with Crippen molar-refractivity contribution >= 4 is 22.2 Å². The summed E-state index contributed by atoms with van der Waals surface area (Å²) >= 11 is 1.69. The Balaban J connectivity index is 2.17. The molecular weight excluding hydrogens is 230 g/mol. The average Bonchev–Trinajstić information content (AvgIpc) is 2.95. The van der Waals surface area contributed by atoms with Gasteiger partial charge in [0.15, 0.2) is 0 Å². The minimum absolute atomic E-state index is 0.804. The van der Waals surface area contributed by atoms with Crippen molar-refractivity contribution in [2.45, 2.75) is 6.54 Å². The van der Waals surface area contributed by atoms with Crippen LogP contribution in [0.4, 0.5) is 0 Å². The third-order valence-electron chi connectivity index (χ3n) is 2.82.